The van der Waals surface area contributed by atoms with Crippen LogP contribution in [0, 0.1) is 5.92 Å². The lowest BCUT2D eigenvalue weighted by atomic mass is 9.73. The smallest absolute Gasteiger partial charge is 0.115 e. The highest BCUT2D eigenvalue weighted by atomic mass is 16.3. The molecule has 1 aromatic rings. The van der Waals surface area contributed by atoms with Crippen LogP contribution in [-0.4, -0.2) is 5.11 Å². The Hall–Kier alpha value is -0.980. The highest BCUT2D eigenvalue weighted by molar-refractivity contribution is 5.41. The molecule has 0 aromatic heterocycles. The van der Waals surface area contributed by atoms with Crippen molar-refractivity contribution < 1.29 is 5.11 Å². The Morgan fingerprint density at radius 2 is 1.93 bits per heavy atom. The van der Waals surface area contributed by atoms with E-state index < -0.39 is 0 Å². The van der Waals surface area contributed by atoms with Crippen LogP contribution in [-0.2, 0) is 0 Å². The molecule has 2 atom stereocenters. The SMILES string of the molecule is CC(C)[C@@H]1CC[C@@H](C)c2ccc(O)cc21. The third-order valence-corrected chi connectivity index (χ3v) is 3.72. The van der Waals surface area contributed by atoms with Gasteiger partial charge in [0.25, 0.3) is 0 Å². The highest BCUT2D eigenvalue weighted by Crippen LogP contribution is 2.43. The van der Waals surface area contributed by atoms with E-state index in [-0.39, 0.29) is 0 Å². The molecule has 1 nitrogen and oxygen atoms in total. The average molecular weight is 204 g/mol. The van der Waals surface area contributed by atoms with Crippen LogP contribution >= 0.6 is 0 Å². The summed E-state index contributed by atoms with van der Waals surface area (Å²) in [5.41, 5.74) is 2.82. The first-order chi connectivity index (χ1) is 7.09. The van der Waals surface area contributed by atoms with E-state index in [2.05, 4.69) is 26.8 Å². The Morgan fingerprint density at radius 3 is 2.60 bits per heavy atom. The standard InChI is InChI=1S/C14H20O/c1-9(2)12-6-4-10(3)13-7-5-11(15)8-14(12)13/h5,7-10,12,15H,4,6H2,1-3H3/t10-,12+/m1/s1. The van der Waals surface area contributed by atoms with Crippen LogP contribution in [0.3, 0.4) is 0 Å². The predicted octanol–water partition coefficient (Wildman–Crippen LogP) is 4.03. The van der Waals surface area contributed by atoms with E-state index in [1.165, 1.54) is 24.0 Å². The van der Waals surface area contributed by atoms with Crippen LogP contribution < -0.4 is 0 Å². The van der Waals surface area contributed by atoms with E-state index in [9.17, 15) is 5.11 Å². The fourth-order valence-electron chi connectivity index (χ4n) is 2.77. The average Bonchev–Trinajstić information content (AvgIpc) is 2.17. The molecule has 1 aliphatic carbocycles. The summed E-state index contributed by atoms with van der Waals surface area (Å²) in [7, 11) is 0. The van der Waals surface area contributed by atoms with Crippen LogP contribution in [0.5, 0.6) is 5.75 Å². The van der Waals surface area contributed by atoms with Gasteiger partial charge in [0, 0.05) is 0 Å². The number of hydrogen-bond acceptors (Lipinski definition) is 1. The molecule has 0 aliphatic heterocycles. The second kappa shape index (κ2) is 3.88. The van der Waals surface area contributed by atoms with Crippen molar-refractivity contribution in [1.29, 1.82) is 0 Å². The largest absolute Gasteiger partial charge is 0.508 e. The molecule has 0 unspecified atom stereocenters. The van der Waals surface area contributed by atoms with Crippen LogP contribution in [0.25, 0.3) is 0 Å². The summed E-state index contributed by atoms with van der Waals surface area (Å²) in [6.45, 7) is 6.83. The lowest BCUT2D eigenvalue weighted by Gasteiger charge is -2.32. The molecule has 0 saturated heterocycles. The van der Waals surface area contributed by atoms with Gasteiger partial charge in [0.1, 0.15) is 5.75 Å². The molecule has 0 heterocycles. The minimum Gasteiger partial charge on any atom is -0.508 e. The first-order valence-corrected chi connectivity index (χ1v) is 5.92. The number of phenols is 1. The molecule has 0 fully saturated rings. The maximum Gasteiger partial charge on any atom is 0.115 e. The third kappa shape index (κ3) is 1.88. The minimum atomic E-state index is 0.411. The molecule has 1 aliphatic rings. The zero-order valence-corrected chi connectivity index (χ0v) is 9.83. The van der Waals surface area contributed by atoms with Crippen molar-refractivity contribution in [1.82, 2.24) is 0 Å². The summed E-state index contributed by atoms with van der Waals surface area (Å²) < 4.78 is 0. The van der Waals surface area contributed by atoms with Gasteiger partial charge in [0.15, 0.2) is 0 Å². The van der Waals surface area contributed by atoms with E-state index in [0.717, 1.165) is 0 Å². The Kier molecular flexibility index (Phi) is 2.72. The van der Waals surface area contributed by atoms with Gasteiger partial charge < -0.3 is 5.11 Å². The zero-order valence-electron chi connectivity index (χ0n) is 9.83. The normalized spacial score (nSPS) is 25.3. The number of benzene rings is 1. The van der Waals surface area contributed by atoms with Gasteiger partial charge in [-0.2, -0.15) is 0 Å². The van der Waals surface area contributed by atoms with E-state index in [4.69, 9.17) is 0 Å². The molecule has 0 amide bonds. The molecule has 0 saturated carbocycles. The summed E-state index contributed by atoms with van der Waals surface area (Å²) in [6.07, 6.45) is 2.54. The third-order valence-electron chi connectivity index (χ3n) is 3.72. The van der Waals surface area contributed by atoms with Crippen LogP contribution in [0.1, 0.15) is 56.6 Å². The zero-order chi connectivity index (χ0) is 11.0. The number of rotatable bonds is 1. The van der Waals surface area contributed by atoms with E-state index in [1.54, 1.807) is 0 Å². The molecular formula is C14H20O. The Morgan fingerprint density at radius 1 is 1.20 bits per heavy atom. The van der Waals surface area contributed by atoms with Gasteiger partial charge in [0.2, 0.25) is 0 Å². The van der Waals surface area contributed by atoms with Gasteiger partial charge in [-0.1, -0.05) is 26.8 Å². The molecule has 0 spiro atoms. The molecule has 2 rings (SSSR count). The first kappa shape index (κ1) is 10.5. The van der Waals surface area contributed by atoms with Crippen molar-refractivity contribution >= 4 is 0 Å². The summed E-state index contributed by atoms with van der Waals surface area (Å²) in [5.74, 6) is 2.35. The van der Waals surface area contributed by atoms with Crippen LogP contribution in [0.15, 0.2) is 18.2 Å². The number of fused-ring (bicyclic) bond motifs is 1. The van der Waals surface area contributed by atoms with Crippen molar-refractivity contribution in [2.45, 2.75) is 45.4 Å². The van der Waals surface area contributed by atoms with E-state index in [1.807, 2.05) is 12.1 Å². The molecule has 1 heteroatoms. The summed E-state index contributed by atoms with van der Waals surface area (Å²) in [6, 6.07) is 5.89. The maximum atomic E-state index is 9.57. The van der Waals surface area contributed by atoms with Crippen molar-refractivity contribution in [3.8, 4) is 5.75 Å². The Bertz CT molecular complexity index is 354. The monoisotopic (exact) mass is 204 g/mol. The van der Waals surface area contributed by atoms with Crippen LogP contribution in [0.2, 0.25) is 0 Å². The number of phenolic OH excluding ortho intramolecular Hbond substituents is 1. The maximum absolute atomic E-state index is 9.57. The molecule has 1 N–H and O–H groups in total. The van der Waals surface area contributed by atoms with Gasteiger partial charge >= 0.3 is 0 Å². The second-order valence-corrected chi connectivity index (χ2v) is 5.14. The Labute approximate surface area is 92.1 Å². The van der Waals surface area contributed by atoms with E-state index in [0.29, 0.717) is 23.5 Å². The number of hydrogen-bond donors (Lipinski definition) is 1. The van der Waals surface area contributed by atoms with Crippen molar-refractivity contribution in [2.75, 3.05) is 0 Å². The quantitative estimate of drug-likeness (QED) is 0.732. The topological polar surface area (TPSA) is 20.2 Å². The summed E-state index contributed by atoms with van der Waals surface area (Å²) >= 11 is 0. The fraction of sp³-hybridized carbons (Fsp3) is 0.571. The summed E-state index contributed by atoms with van der Waals surface area (Å²) in [5, 5.41) is 9.57. The van der Waals surface area contributed by atoms with E-state index >= 15 is 0 Å². The van der Waals surface area contributed by atoms with Gasteiger partial charge in [-0.25, -0.2) is 0 Å². The van der Waals surface area contributed by atoms with Crippen molar-refractivity contribution in [2.24, 2.45) is 5.92 Å². The van der Waals surface area contributed by atoms with Crippen molar-refractivity contribution in [3.05, 3.63) is 29.3 Å². The molecule has 0 bridgehead atoms. The van der Waals surface area contributed by atoms with Crippen molar-refractivity contribution in [3.63, 3.8) is 0 Å². The number of aromatic hydroxyl groups is 1. The second-order valence-electron chi connectivity index (χ2n) is 5.14. The fourth-order valence-corrected chi connectivity index (χ4v) is 2.77. The van der Waals surface area contributed by atoms with Gasteiger partial charge in [-0.15, -0.1) is 0 Å². The Balaban J connectivity index is 2.46. The predicted molar refractivity (Wildman–Crippen MR) is 63.3 cm³/mol. The molecule has 0 radical (unpaired) electrons. The summed E-state index contributed by atoms with van der Waals surface area (Å²) in [4.78, 5) is 0. The van der Waals surface area contributed by atoms with Gasteiger partial charge in [-0.05, 0) is 53.9 Å². The lowest BCUT2D eigenvalue weighted by molar-refractivity contribution is 0.405. The highest BCUT2D eigenvalue weighted by Gasteiger charge is 2.26. The molecule has 15 heavy (non-hydrogen) atoms. The lowest BCUT2D eigenvalue weighted by Crippen LogP contribution is -2.16. The van der Waals surface area contributed by atoms with Crippen LogP contribution in [0.4, 0.5) is 0 Å². The first-order valence-electron chi connectivity index (χ1n) is 5.92. The molecule has 82 valence electrons. The van der Waals surface area contributed by atoms with Gasteiger partial charge in [0.05, 0.1) is 0 Å². The van der Waals surface area contributed by atoms with Gasteiger partial charge in [-0.3, -0.25) is 0 Å². The minimum absolute atomic E-state index is 0.411. The molecular weight excluding hydrogens is 184 g/mol. The molecule has 1 aromatic carbocycles.